The van der Waals surface area contributed by atoms with Gasteiger partial charge in [0.2, 0.25) is 0 Å². The van der Waals surface area contributed by atoms with Crippen molar-refractivity contribution >= 4 is 49.9 Å². The first-order valence-corrected chi connectivity index (χ1v) is 20.6. The molecular weight excluding hydrogens is 729 g/mol. The number of rotatable bonds is 5. The quantitative estimate of drug-likeness (QED) is 0.174. The van der Waals surface area contributed by atoms with Crippen LogP contribution in [0.1, 0.15) is 22.5 Å². The number of anilines is 3. The van der Waals surface area contributed by atoms with E-state index < -0.39 is 5.41 Å². The number of para-hydroxylation sites is 4. The molecule has 4 heteroatoms. The highest BCUT2D eigenvalue weighted by molar-refractivity contribution is 6.09. The minimum atomic E-state index is -0.549. The zero-order chi connectivity index (χ0) is 39.4. The second-order valence-corrected chi connectivity index (χ2v) is 15.9. The van der Waals surface area contributed by atoms with Crippen LogP contribution in [0, 0.1) is 0 Å². The van der Waals surface area contributed by atoms with Crippen LogP contribution in [0.2, 0.25) is 0 Å². The number of benzene rings is 9. The zero-order valence-corrected chi connectivity index (χ0v) is 32.6. The molecule has 4 nitrogen and oxygen atoms in total. The SMILES string of the molecule is c1ccc(-c2ccc(N(c3ccc(-n4c5ccccc5c5ccccc54)cc3)c3cccc4nc5n(c34)-c3ccccc3C53c4ccccc4-c4ccccc43)cc2)cc1. The van der Waals surface area contributed by atoms with Crippen molar-refractivity contribution in [3.8, 4) is 33.6 Å². The summed E-state index contributed by atoms with van der Waals surface area (Å²) >= 11 is 0. The normalized spacial score (nSPS) is 13.1. The summed E-state index contributed by atoms with van der Waals surface area (Å²) in [5.74, 6) is 1.03. The van der Waals surface area contributed by atoms with Crippen molar-refractivity contribution in [2.45, 2.75) is 5.41 Å². The van der Waals surface area contributed by atoms with Crippen LogP contribution in [0.5, 0.6) is 0 Å². The molecule has 0 radical (unpaired) electrons. The van der Waals surface area contributed by atoms with E-state index in [-0.39, 0.29) is 0 Å². The van der Waals surface area contributed by atoms with E-state index in [1.54, 1.807) is 0 Å². The van der Waals surface area contributed by atoms with Crippen molar-refractivity contribution in [1.29, 1.82) is 0 Å². The van der Waals surface area contributed by atoms with E-state index in [1.807, 2.05) is 0 Å². The van der Waals surface area contributed by atoms with Crippen LogP contribution >= 0.6 is 0 Å². The van der Waals surface area contributed by atoms with Crippen LogP contribution in [0.3, 0.4) is 0 Å². The third-order valence-electron chi connectivity index (χ3n) is 12.9. The van der Waals surface area contributed by atoms with Gasteiger partial charge in [0, 0.05) is 27.8 Å². The molecule has 0 unspecified atom stereocenters. The summed E-state index contributed by atoms with van der Waals surface area (Å²) in [7, 11) is 0. The van der Waals surface area contributed by atoms with Gasteiger partial charge in [-0.25, -0.2) is 4.98 Å². The minimum Gasteiger partial charge on any atom is -0.309 e. The third-order valence-corrected chi connectivity index (χ3v) is 12.9. The van der Waals surface area contributed by atoms with E-state index in [9.17, 15) is 0 Å². The van der Waals surface area contributed by atoms with Gasteiger partial charge in [0.1, 0.15) is 11.2 Å². The van der Waals surface area contributed by atoms with Crippen molar-refractivity contribution in [2.24, 2.45) is 0 Å². The predicted octanol–water partition coefficient (Wildman–Crippen LogP) is 13.9. The number of hydrogen-bond donors (Lipinski definition) is 0. The predicted molar refractivity (Wildman–Crippen MR) is 246 cm³/mol. The average molecular weight is 765 g/mol. The number of nitrogens with zero attached hydrogens (tertiary/aromatic N) is 4. The summed E-state index contributed by atoms with van der Waals surface area (Å²) in [5, 5.41) is 2.51. The number of imidazole rings is 1. The smallest absolute Gasteiger partial charge is 0.134 e. The van der Waals surface area contributed by atoms with Crippen molar-refractivity contribution in [3.05, 3.63) is 241 Å². The zero-order valence-electron chi connectivity index (χ0n) is 32.6. The maximum Gasteiger partial charge on any atom is 0.134 e. The van der Waals surface area contributed by atoms with Crippen molar-refractivity contribution in [2.75, 3.05) is 4.90 Å². The lowest BCUT2D eigenvalue weighted by Crippen LogP contribution is -2.27. The molecule has 0 N–H and O–H groups in total. The number of fused-ring (bicyclic) bond motifs is 15. The molecule has 2 aliphatic rings. The van der Waals surface area contributed by atoms with Crippen LogP contribution in [-0.2, 0) is 5.41 Å². The van der Waals surface area contributed by atoms with E-state index in [1.165, 1.54) is 60.8 Å². The molecule has 9 aromatic carbocycles. The van der Waals surface area contributed by atoms with Gasteiger partial charge in [-0.2, -0.15) is 0 Å². The Morgan fingerprint density at radius 3 is 1.60 bits per heavy atom. The molecule has 2 aromatic heterocycles. The summed E-state index contributed by atoms with van der Waals surface area (Å²) < 4.78 is 4.84. The highest BCUT2D eigenvalue weighted by atomic mass is 15.2. The van der Waals surface area contributed by atoms with Gasteiger partial charge in [-0.15, -0.1) is 0 Å². The first kappa shape index (κ1) is 33.1. The molecule has 13 rings (SSSR count). The summed E-state index contributed by atoms with van der Waals surface area (Å²) in [4.78, 5) is 8.07. The topological polar surface area (TPSA) is 26.0 Å². The summed E-state index contributed by atoms with van der Waals surface area (Å²) in [6.07, 6.45) is 0. The molecule has 1 spiro atoms. The van der Waals surface area contributed by atoms with Crippen LogP contribution in [0.25, 0.3) is 66.5 Å². The van der Waals surface area contributed by atoms with E-state index in [2.05, 4.69) is 232 Å². The minimum absolute atomic E-state index is 0.549. The van der Waals surface area contributed by atoms with Gasteiger partial charge >= 0.3 is 0 Å². The molecule has 280 valence electrons. The Hall–Kier alpha value is -7.95. The second-order valence-electron chi connectivity index (χ2n) is 15.9. The fraction of sp³-hybridized carbons (Fsp3) is 0.0179. The largest absolute Gasteiger partial charge is 0.309 e. The molecule has 1 aliphatic heterocycles. The molecule has 1 aliphatic carbocycles. The van der Waals surface area contributed by atoms with Gasteiger partial charge < -0.3 is 9.47 Å². The first-order chi connectivity index (χ1) is 29.8. The highest BCUT2D eigenvalue weighted by Crippen LogP contribution is 2.61. The lowest BCUT2D eigenvalue weighted by Gasteiger charge is -2.27. The maximum absolute atomic E-state index is 5.66. The van der Waals surface area contributed by atoms with Gasteiger partial charge in [-0.1, -0.05) is 152 Å². The summed E-state index contributed by atoms with van der Waals surface area (Å²) in [6, 6.07) is 79.4. The highest BCUT2D eigenvalue weighted by Gasteiger charge is 2.54. The van der Waals surface area contributed by atoms with Gasteiger partial charge in [0.25, 0.3) is 0 Å². The molecule has 0 bridgehead atoms. The second kappa shape index (κ2) is 12.5. The van der Waals surface area contributed by atoms with Crippen LogP contribution in [0.15, 0.2) is 218 Å². The lowest BCUT2D eigenvalue weighted by molar-refractivity contribution is 0.738. The molecule has 60 heavy (non-hydrogen) atoms. The molecule has 0 atom stereocenters. The Morgan fingerprint density at radius 1 is 0.400 bits per heavy atom. The standard InChI is InChI=1S/C56H36N4/c1-2-15-37(16-3-1)38-29-31-39(32-30-38)58(40-33-35-41(36-34-40)59-50-25-11-6-19-44(50)45-20-7-12-26-51(45)59)53-28-14-24-49-54(53)60-52-27-13-10-23-48(52)56(55(60)57-49)46-21-8-4-17-42(46)43-18-5-9-22-47(43)56/h1-36H. The van der Waals surface area contributed by atoms with E-state index in [4.69, 9.17) is 4.98 Å². The fourth-order valence-electron chi connectivity index (χ4n) is 10.5. The molecule has 0 saturated carbocycles. The summed E-state index contributed by atoms with van der Waals surface area (Å²) in [6.45, 7) is 0. The van der Waals surface area contributed by atoms with Gasteiger partial charge in [0.15, 0.2) is 0 Å². The molecule has 3 heterocycles. The number of hydrogen-bond acceptors (Lipinski definition) is 2. The van der Waals surface area contributed by atoms with Crippen LogP contribution in [-0.4, -0.2) is 14.1 Å². The van der Waals surface area contributed by atoms with Gasteiger partial charge in [-0.3, -0.25) is 4.57 Å². The van der Waals surface area contributed by atoms with E-state index in [0.29, 0.717) is 0 Å². The first-order valence-electron chi connectivity index (χ1n) is 20.6. The Bertz CT molecular complexity index is 3380. The Kier molecular flexibility index (Phi) is 6.90. The van der Waals surface area contributed by atoms with Crippen molar-refractivity contribution in [3.63, 3.8) is 0 Å². The number of aromatic nitrogens is 3. The van der Waals surface area contributed by atoms with E-state index >= 15 is 0 Å². The fourth-order valence-corrected chi connectivity index (χ4v) is 10.5. The molecule has 0 fully saturated rings. The van der Waals surface area contributed by atoms with E-state index in [0.717, 1.165) is 45.3 Å². The van der Waals surface area contributed by atoms with Crippen molar-refractivity contribution in [1.82, 2.24) is 14.1 Å². The van der Waals surface area contributed by atoms with Crippen LogP contribution < -0.4 is 4.90 Å². The van der Waals surface area contributed by atoms with Gasteiger partial charge in [-0.05, 0) is 106 Å². The molecule has 11 aromatic rings. The van der Waals surface area contributed by atoms with Gasteiger partial charge in [0.05, 0.1) is 33.4 Å². The molecule has 0 saturated heterocycles. The van der Waals surface area contributed by atoms with Crippen LogP contribution in [0.4, 0.5) is 17.1 Å². The Labute approximate surface area is 347 Å². The molecular formula is C56H36N4. The maximum atomic E-state index is 5.66. The Balaban J connectivity index is 1.05. The summed E-state index contributed by atoms with van der Waals surface area (Å²) in [5.41, 5.74) is 18.1. The molecule has 0 amide bonds. The van der Waals surface area contributed by atoms with Crippen molar-refractivity contribution < 1.29 is 0 Å². The lowest BCUT2D eigenvalue weighted by atomic mass is 9.73. The average Bonchev–Trinajstić information content (AvgIpc) is 4.04. The monoisotopic (exact) mass is 764 g/mol. The third kappa shape index (κ3) is 4.42. The Morgan fingerprint density at radius 2 is 0.933 bits per heavy atom.